The molecule has 0 unspecified atom stereocenters. The number of carbonyl (C=O) groups excluding carboxylic acids is 1. The van der Waals surface area contributed by atoms with Crippen molar-refractivity contribution in [1.29, 1.82) is 0 Å². The summed E-state index contributed by atoms with van der Waals surface area (Å²) in [5.74, 6) is -7.43. The van der Waals surface area contributed by atoms with Crippen LogP contribution in [0.1, 0.15) is 25.7 Å². The molecule has 1 aliphatic carbocycles. The maximum atomic E-state index is 13.4. The van der Waals surface area contributed by atoms with Crippen LogP contribution in [-0.2, 0) is 4.79 Å². The second-order valence-electron chi connectivity index (χ2n) is 4.94. The molecule has 1 saturated carbocycles. The largest absolute Gasteiger partial charge is 0.328 e. The maximum absolute atomic E-state index is 13.4. The predicted octanol–water partition coefficient (Wildman–Crippen LogP) is 2.70. The van der Waals surface area contributed by atoms with E-state index in [0.29, 0.717) is 25.7 Å². The van der Waals surface area contributed by atoms with Gasteiger partial charge in [0.1, 0.15) is 5.69 Å². The Morgan fingerprint density at radius 1 is 1.05 bits per heavy atom. The number of nitrogens with two attached hydrogens (primary N) is 1. The summed E-state index contributed by atoms with van der Waals surface area (Å²) in [6.45, 7) is 0. The average Bonchev–Trinajstić information content (AvgIpc) is 2.42. The molecule has 3 nitrogen and oxygen atoms in total. The van der Waals surface area contributed by atoms with Crippen LogP contribution in [0.5, 0.6) is 0 Å². The number of halogens is 4. The maximum Gasteiger partial charge on any atom is 0.227 e. The molecule has 1 fully saturated rings. The second kappa shape index (κ2) is 5.78. The molecule has 1 aromatic carbocycles. The Morgan fingerprint density at radius 3 is 2.05 bits per heavy atom. The minimum atomic E-state index is -1.61. The molecule has 0 bridgehead atoms. The SMILES string of the molecule is NC1CCC(C(=O)Nc2c(F)c(F)cc(F)c2F)CC1. The summed E-state index contributed by atoms with van der Waals surface area (Å²) >= 11 is 0. The molecule has 110 valence electrons. The van der Waals surface area contributed by atoms with Crippen LogP contribution in [0.2, 0.25) is 0 Å². The van der Waals surface area contributed by atoms with Crippen molar-refractivity contribution in [1.82, 2.24) is 0 Å². The first kappa shape index (κ1) is 14.8. The smallest absolute Gasteiger partial charge is 0.227 e. The molecule has 0 aromatic heterocycles. The van der Waals surface area contributed by atoms with Gasteiger partial charge in [0.05, 0.1) is 0 Å². The topological polar surface area (TPSA) is 55.1 Å². The minimum absolute atomic E-state index is 0.0131. The molecule has 0 aliphatic heterocycles. The van der Waals surface area contributed by atoms with Crippen LogP contribution in [0.15, 0.2) is 6.07 Å². The van der Waals surface area contributed by atoms with E-state index in [0.717, 1.165) is 0 Å². The van der Waals surface area contributed by atoms with Crippen LogP contribution in [0, 0.1) is 29.2 Å². The van der Waals surface area contributed by atoms with Gasteiger partial charge >= 0.3 is 0 Å². The zero-order valence-electron chi connectivity index (χ0n) is 10.6. The second-order valence-corrected chi connectivity index (χ2v) is 4.94. The Hall–Kier alpha value is -1.63. The quantitative estimate of drug-likeness (QED) is 0.650. The Kier molecular flexibility index (Phi) is 4.27. The number of rotatable bonds is 2. The highest BCUT2D eigenvalue weighted by Crippen LogP contribution is 2.28. The lowest BCUT2D eigenvalue weighted by atomic mass is 9.86. The molecular weight excluding hydrogens is 276 g/mol. The molecule has 1 amide bonds. The van der Waals surface area contributed by atoms with E-state index < -0.39 is 40.8 Å². The van der Waals surface area contributed by atoms with Gasteiger partial charge in [0.2, 0.25) is 5.91 Å². The van der Waals surface area contributed by atoms with Crippen molar-refractivity contribution in [3.63, 3.8) is 0 Å². The van der Waals surface area contributed by atoms with Crippen molar-refractivity contribution >= 4 is 11.6 Å². The van der Waals surface area contributed by atoms with Gasteiger partial charge in [-0.25, -0.2) is 17.6 Å². The summed E-state index contributed by atoms with van der Waals surface area (Å²) in [6, 6.07) is 0.110. The molecule has 0 heterocycles. The summed E-state index contributed by atoms with van der Waals surface area (Å²) in [5, 5.41) is 1.93. The fraction of sp³-hybridized carbons (Fsp3) is 0.462. The number of amides is 1. The molecule has 20 heavy (non-hydrogen) atoms. The highest BCUT2D eigenvalue weighted by Gasteiger charge is 2.27. The van der Waals surface area contributed by atoms with E-state index in [1.807, 2.05) is 5.32 Å². The van der Waals surface area contributed by atoms with Gasteiger partial charge in [-0.15, -0.1) is 0 Å². The van der Waals surface area contributed by atoms with Gasteiger partial charge in [-0.2, -0.15) is 0 Å². The van der Waals surface area contributed by atoms with Gasteiger partial charge in [-0.1, -0.05) is 0 Å². The van der Waals surface area contributed by atoms with Crippen molar-refractivity contribution in [2.75, 3.05) is 5.32 Å². The Labute approximate surface area is 113 Å². The molecule has 0 spiro atoms. The van der Waals surface area contributed by atoms with Gasteiger partial charge in [0.25, 0.3) is 0 Å². The molecule has 1 aromatic rings. The summed E-state index contributed by atoms with van der Waals surface area (Å²) in [7, 11) is 0. The molecule has 0 radical (unpaired) electrons. The third-order valence-corrected chi connectivity index (χ3v) is 3.50. The summed E-state index contributed by atoms with van der Waals surface area (Å²) in [6.07, 6.45) is 2.21. The third-order valence-electron chi connectivity index (χ3n) is 3.50. The summed E-state index contributed by atoms with van der Waals surface area (Å²) in [4.78, 5) is 11.9. The highest BCUT2D eigenvalue weighted by molar-refractivity contribution is 5.92. The number of benzene rings is 1. The van der Waals surface area contributed by atoms with Crippen molar-refractivity contribution in [2.45, 2.75) is 31.7 Å². The van der Waals surface area contributed by atoms with E-state index >= 15 is 0 Å². The summed E-state index contributed by atoms with van der Waals surface area (Å²) < 4.78 is 52.9. The van der Waals surface area contributed by atoms with Crippen LogP contribution in [0.3, 0.4) is 0 Å². The fourth-order valence-electron chi connectivity index (χ4n) is 2.29. The van der Waals surface area contributed by atoms with Gasteiger partial charge in [0, 0.05) is 18.0 Å². The lowest BCUT2D eigenvalue weighted by Gasteiger charge is -2.25. The van der Waals surface area contributed by atoms with E-state index in [-0.39, 0.29) is 12.1 Å². The van der Waals surface area contributed by atoms with E-state index in [1.54, 1.807) is 0 Å². The van der Waals surface area contributed by atoms with Crippen LogP contribution < -0.4 is 11.1 Å². The molecule has 7 heteroatoms. The molecule has 3 N–H and O–H groups in total. The standard InChI is InChI=1S/C13H14F4N2O/c14-8-5-9(15)11(17)12(10(8)16)19-13(20)6-1-3-7(18)4-2-6/h5-7H,1-4,18H2,(H,19,20). The van der Waals surface area contributed by atoms with E-state index in [2.05, 4.69) is 0 Å². The van der Waals surface area contributed by atoms with Crippen LogP contribution in [0.4, 0.5) is 23.2 Å². The number of nitrogens with one attached hydrogen (secondary N) is 1. The van der Waals surface area contributed by atoms with Crippen LogP contribution in [-0.4, -0.2) is 11.9 Å². The first-order valence-electron chi connectivity index (χ1n) is 6.29. The van der Waals surface area contributed by atoms with Gasteiger partial charge in [-0.3, -0.25) is 4.79 Å². The number of anilines is 1. The Morgan fingerprint density at radius 2 is 1.55 bits per heavy atom. The van der Waals surface area contributed by atoms with Crippen molar-refractivity contribution in [3.05, 3.63) is 29.3 Å². The van der Waals surface area contributed by atoms with E-state index in [4.69, 9.17) is 5.73 Å². The normalized spacial score (nSPS) is 22.6. The van der Waals surface area contributed by atoms with Crippen LogP contribution >= 0.6 is 0 Å². The summed E-state index contributed by atoms with van der Waals surface area (Å²) in [5.41, 5.74) is 4.61. The van der Waals surface area contributed by atoms with Crippen molar-refractivity contribution in [2.24, 2.45) is 11.7 Å². The van der Waals surface area contributed by atoms with Gasteiger partial charge in [0.15, 0.2) is 23.3 Å². The van der Waals surface area contributed by atoms with E-state index in [1.165, 1.54) is 0 Å². The zero-order chi connectivity index (χ0) is 14.9. The van der Waals surface area contributed by atoms with Gasteiger partial charge in [-0.05, 0) is 25.7 Å². The zero-order valence-corrected chi connectivity index (χ0v) is 10.6. The number of carbonyl (C=O) groups is 1. The van der Waals surface area contributed by atoms with Crippen molar-refractivity contribution < 1.29 is 22.4 Å². The molecule has 0 atom stereocenters. The Balaban J connectivity index is 2.16. The molecule has 1 aliphatic rings. The number of hydrogen-bond donors (Lipinski definition) is 2. The highest BCUT2D eigenvalue weighted by atomic mass is 19.2. The molecular formula is C13H14F4N2O. The van der Waals surface area contributed by atoms with Gasteiger partial charge < -0.3 is 11.1 Å². The monoisotopic (exact) mass is 290 g/mol. The van der Waals surface area contributed by atoms with Crippen molar-refractivity contribution in [3.8, 4) is 0 Å². The third kappa shape index (κ3) is 2.92. The lowest BCUT2D eigenvalue weighted by Crippen LogP contribution is -2.33. The Bertz CT molecular complexity index is 501. The van der Waals surface area contributed by atoms with E-state index in [9.17, 15) is 22.4 Å². The first-order valence-corrected chi connectivity index (χ1v) is 6.29. The predicted molar refractivity (Wildman–Crippen MR) is 64.8 cm³/mol. The first-order chi connectivity index (χ1) is 9.40. The minimum Gasteiger partial charge on any atom is -0.328 e. The van der Waals surface area contributed by atoms with Crippen LogP contribution in [0.25, 0.3) is 0 Å². The number of hydrogen-bond acceptors (Lipinski definition) is 2. The molecule has 0 saturated heterocycles. The average molecular weight is 290 g/mol. The fourth-order valence-corrected chi connectivity index (χ4v) is 2.29. The lowest BCUT2D eigenvalue weighted by molar-refractivity contribution is -0.120. The molecule has 2 rings (SSSR count).